The highest BCUT2D eigenvalue weighted by Gasteiger charge is 2.31. The third-order valence-electron chi connectivity index (χ3n) is 1.85. The first-order valence-electron chi connectivity index (χ1n) is 4.39. The Labute approximate surface area is 110 Å². The molecule has 3 nitrogen and oxygen atoms in total. The number of thioether (sulfide) groups is 1. The number of hydrogen-bond acceptors (Lipinski definition) is 5. The Hall–Kier alpha value is -1.33. The molecule has 0 atom stereocenters. The molecule has 0 aliphatic rings. The molecule has 0 saturated heterocycles. The maximum absolute atomic E-state index is 12.3. The second-order valence-electron chi connectivity index (χ2n) is 3.02. The number of rotatable bonds is 2. The van der Waals surface area contributed by atoms with Crippen LogP contribution in [0.15, 0.2) is 21.9 Å². The Morgan fingerprint density at radius 1 is 1.50 bits per heavy atom. The predicted octanol–water partition coefficient (Wildman–Crippen LogP) is 3.25. The van der Waals surface area contributed by atoms with Crippen molar-refractivity contribution in [3.05, 3.63) is 23.3 Å². The van der Waals surface area contributed by atoms with Crippen LogP contribution in [0.25, 0.3) is 0 Å². The third kappa shape index (κ3) is 3.58. The molecule has 96 valence electrons. The summed E-state index contributed by atoms with van der Waals surface area (Å²) in [4.78, 5) is 11.0. The number of alkyl halides is 3. The second-order valence-corrected chi connectivity index (χ2v) is 4.61. The van der Waals surface area contributed by atoms with Crippen LogP contribution >= 0.6 is 24.4 Å². The van der Waals surface area contributed by atoms with Crippen molar-refractivity contribution >= 4 is 30.4 Å². The summed E-state index contributed by atoms with van der Waals surface area (Å²) in [6, 6.07) is 3.75. The zero-order chi connectivity index (χ0) is 13.9. The summed E-state index contributed by atoms with van der Waals surface area (Å²) >= 11 is 3.45. The van der Waals surface area contributed by atoms with Crippen molar-refractivity contribution in [2.45, 2.75) is 15.3 Å². The molecule has 1 aromatic carbocycles. The fourth-order valence-corrected chi connectivity index (χ4v) is 2.07. The molecule has 8 heteroatoms. The molecule has 0 amide bonds. The lowest BCUT2D eigenvalue weighted by atomic mass is 10.1. The zero-order valence-corrected chi connectivity index (χ0v) is 10.6. The van der Waals surface area contributed by atoms with Gasteiger partial charge in [-0.3, -0.25) is 0 Å². The molecule has 18 heavy (non-hydrogen) atoms. The first-order valence-corrected chi connectivity index (χ1v) is 5.66. The van der Waals surface area contributed by atoms with Gasteiger partial charge in [0.15, 0.2) is 0 Å². The number of thiol groups is 1. The van der Waals surface area contributed by atoms with E-state index in [2.05, 4.69) is 17.4 Å². The van der Waals surface area contributed by atoms with Gasteiger partial charge in [0.25, 0.3) is 0 Å². The average molecular weight is 293 g/mol. The summed E-state index contributed by atoms with van der Waals surface area (Å²) in [7, 11) is 1.08. The van der Waals surface area contributed by atoms with Crippen molar-refractivity contribution in [3.8, 4) is 6.07 Å². The van der Waals surface area contributed by atoms with Crippen LogP contribution in [0.1, 0.15) is 15.9 Å². The third-order valence-corrected chi connectivity index (χ3v) is 3.16. The van der Waals surface area contributed by atoms with Gasteiger partial charge < -0.3 is 4.74 Å². The quantitative estimate of drug-likeness (QED) is 0.516. The molecule has 0 saturated carbocycles. The van der Waals surface area contributed by atoms with Crippen LogP contribution in [0.2, 0.25) is 0 Å². The van der Waals surface area contributed by atoms with Crippen LogP contribution in [0.4, 0.5) is 13.2 Å². The fraction of sp³-hybridized carbons (Fsp3) is 0.200. The number of ether oxygens (including phenoxy) is 1. The fourth-order valence-electron chi connectivity index (χ4n) is 1.15. The minimum Gasteiger partial charge on any atom is -0.465 e. The van der Waals surface area contributed by atoms with Crippen LogP contribution in [0.3, 0.4) is 0 Å². The van der Waals surface area contributed by atoms with Gasteiger partial charge in [-0.25, -0.2) is 4.79 Å². The summed E-state index contributed by atoms with van der Waals surface area (Å²) in [5.74, 6) is -0.871. The lowest BCUT2D eigenvalue weighted by molar-refractivity contribution is -0.0329. The molecule has 1 rings (SSSR count). The summed E-state index contributed by atoms with van der Waals surface area (Å²) in [5.41, 5.74) is -4.80. The molecule has 0 aliphatic carbocycles. The largest absolute Gasteiger partial charge is 0.465 e. The molecule has 0 bridgehead atoms. The Balaban J connectivity index is 3.31. The van der Waals surface area contributed by atoms with Gasteiger partial charge in [0.2, 0.25) is 0 Å². The van der Waals surface area contributed by atoms with Crippen molar-refractivity contribution in [3.63, 3.8) is 0 Å². The van der Waals surface area contributed by atoms with Crippen molar-refractivity contribution in [2.75, 3.05) is 7.11 Å². The van der Waals surface area contributed by atoms with E-state index in [-0.39, 0.29) is 20.9 Å². The lowest BCUT2D eigenvalue weighted by Gasteiger charge is -2.10. The van der Waals surface area contributed by atoms with Crippen molar-refractivity contribution < 1.29 is 22.7 Å². The van der Waals surface area contributed by atoms with Gasteiger partial charge in [-0.05, 0) is 23.9 Å². The zero-order valence-electron chi connectivity index (χ0n) is 8.91. The van der Waals surface area contributed by atoms with Crippen LogP contribution < -0.4 is 0 Å². The number of carbonyl (C=O) groups is 1. The minimum absolute atomic E-state index is 0.0264. The van der Waals surface area contributed by atoms with Gasteiger partial charge in [-0.2, -0.15) is 18.4 Å². The van der Waals surface area contributed by atoms with E-state index in [1.807, 2.05) is 0 Å². The highest BCUT2D eigenvalue weighted by Crippen LogP contribution is 2.40. The molecule has 0 aliphatic heterocycles. The van der Waals surface area contributed by atoms with Gasteiger partial charge in [-0.15, -0.1) is 12.6 Å². The summed E-state index contributed by atoms with van der Waals surface area (Å²) in [6.07, 6.45) is 0. The van der Waals surface area contributed by atoms with Crippen LogP contribution in [0, 0.1) is 11.3 Å². The lowest BCUT2D eigenvalue weighted by Crippen LogP contribution is -2.06. The van der Waals surface area contributed by atoms with Crippen molar-refractivity contribution in [1.29, 1.82) is 5.26 Å². The van der Waals surface area contributed by atoms with Crippen molar-refractivity contribution in [1.82, 2.24) is 0 Å². The minimum atomic E-state index is -4.50. The Bertz CT molecular complexity index is 523. The number of carbonyl (C=O) groups excluding carboxylic acids is 1. The molecule has 0 spiro atoms. The molecular formula is C10H6F3NO2S2. The Morgan fingerprint density at radius 3 is 2.56 bits per heavy atom. The van der Waals surface area contributed by atoms with E-state index in [1.54, 1.807) is 6.07 Å². The van der Waals surface area contributed by atoms with E-state index in [9.17, 15) is 18.0 Å². The predicted molar refractivity (Wildman–Crippen MR) is 61.7 cm³/mol. The maximum atomic E-state index is 12.3. The van der Waals surface area contributed by atoms with E-state index >= 15 is 0 Å². The smallest absolute Gasteiger partial charge is 0.446 e. The number of nitrogens with zero attached hydrogens (tertiary/aromatic N) is 1. The first kappa shape index (κ1) is 14.7. The highest BCUT2D eigenvalue weighted by atomic mass is 32.2. The Kier molecular flexibility index (Phi) is 4.53. The summed E-state index contributed by atoms with van der Waals surface area (Å²) in [5, 5.41) is 8.79. The number of benzene rings is 1. The molecule has 0 fully saturated rings. The topological polar surface area (TPSA) is 50.1 Å². The first-order chi connectivity index (χ1) is 8.28. The number of nitriles is 1. The average Bonchev–Trinajstić information content (AvgIpc) is 2.28. The molecule has 1 aromatic rings. The van der Waals surface area contributed by atoms with Gasteiger partial charge in [0.05, 0.1) is 18.2 Å². The molecule has 0 radical (unpaired) electrons. The van der Waals surface area contributed by atoms with Gasteiger partial charge in [0, 0.05) is 9.79 Å². The van der Waals surface area contributed by atoms with Gasteiger partial charge in [0.1, 0.15) is 6.07 Å². The van der Waals surface area contributed by atoms with Gasteiger partial charge >= 0.3 is 11.5 Å². The molecule has 0 unspecified atom stereocenters. The SMILES string of the molecule is COC(=O)c1cc(SC(F)(F)F)c(S)cc1C#N. The molecular weight excluding hydrogens is 287 g/mol. The van der Waals surface area contributed by atoms with E-state index < -0.39 is 23.2 Å². The van der Waals surface area contributed by atoms with Gasteiger partial charge in [-0.1, -0.05) is 0 Å². The van der Waals surface area contributed by atoms with Crippen LogP contribution in [0.5, 0.6) is 0 Å². The maximum Gasteiger partial charge on any atom is 0.446 e. The number of methoxy groups -OCH3 is 1. The van der Waals surface area contributed by atoms with E-state index in [1.165, 1.54) is 0 Å². The van der Waals surface area contributed by atoms with E-state index in [0.717, 1.165) is 19.2 Å². The summed E-state index contributed by atoms with van der Waals surface area (Å²) < 4.78 is 41.2. The van der Waals surface area contributed by atoms with E-state index in [0.29, 0.717) is 0 Å². The summed E-state index contributed by atoms with van der Waals surface area (Å²) in [6.45, 7) is 0. The number of esters is 1. The standard InChI is InChI=1S/C10H6F3NO2S2/c1-16-9(15)6-3-8(18-10(11,12)13)7(17)2-5(6)4-14/h2-3,17H,1H3. The number of halogens is 3. The highest BCUT2D eigenvalue weighted by molar-refractivity contribution is 8.00. The normalized spacial score (nSPS) is 10.9. The number of hydrogen-bond donors (Lipinski definition) is 1. The molecule has 0 N–H and O–H groups in total. The second kappa shape index (κ2) is 5.54. The van der Waals surface area contributed by atoms with Crippen molar-refractivity contribution in [2.24, 2.45) is 0 Å². The van der Waals surface area contributed by atoms with E-state index in [4.69, 9.17) is 5.26 Å². The van der Waals surface area contributed by atoms with Crippen LogP contribution in [-0.4, -0.2) is 18.6 Å². The monoisotopic (exact) mass is 293 g/mol. The molecule has 0 heterocycles. The Morgan fingerprint density at radius 2 is 2.11 bits per heavy atom. The molecule has 0 aromatic heterocycles. The van der Waals surface area contributed by atoms with Crippen LogP contribution in [-0.2, 0) is 4.74 Å².